The molecule has 1 fully saturated rings. The van der Waals surface area contributed by atoms with E-state index in [1.54, 1.807) is 6.82 Å². The summed E-state index contributed by atoms with van der Waals surface area (Å²) in [5.41, 5.74) is 0. The molecular formula is C7H14BNO4. The number of hydrogen-bond donors (Lipinski definition) is 2. The highest BCUT2D eigenvalue weighted by Gasteiger charge is 2.39. The minimum atomic E-state index is -0.735. The maximum Gasteiger partial charge on any atom is 0.377 e. The van der Waals surface area contributed by atoms with Crippen molar-refractivity contribution in [3.8, 4) is 0 Å². The molecule has 0 aliphatic carbocycles. The van der Waals surface area contributed by atoms with Gasteiger partial charge in [0.1, 0.15) is 6.04 Å². The van der Waals surface area contributed by atoms with E-state index in [4.69, 9.17) is 0 Å². The van der Waals surface area contributed by atoms with Gasteiger partial charge in [0.2, 0.25) is 0 Å². The van der Waals surface area contributed by atoms with Gasteiger partial charge >= 0.3 is 13.0 Å². The van der Waals surface area contributed by atoms with Crippen LogP contribution in [0, 0.1) is 0 Å². The van der Waals surface area contributed by atoms with Crippen molar-refractivity contribution in [1.29, 1.82) is 0 Å². The number of methoxy groups -OCH3 is 1. The van der Waals surface area contributed by atoms with Gasteiger partial charge in [0.05, 0.1) is 13.2 Å². The first-order chi connectivity index (χ1) is 6.06. The van der Waals surface area contributed by atoms with Crippen LogP contribution in [0.2, 0.25) is 6.82 Å². The fourth-order valence-corrected chi connectivity index (χ4v) is 1.62. The van der Waals surface area contributed by atoms with Crippen molar-refractivity contribution in [2.24, 2.45) is 0 Å². The third kappa shape index (κ3) is 2.21. The fourth-order valence-electron chi connectivity index (χ4n) is 1.62. The molecule has 2 N–H and O–H groups in total. The Morgan fingerprint density at radius 3 is 2.77 bits per heavy atom. The lowest BCUT2D eigenvalue weighted by atomic mass is 9.84. The molecule has 0 amide bonds. The van der Waals surface area contributed by atoms with Gasteiger partial charge < -0.3 is 19.7 Å². The first kappa shape index (κ1) is 10.5. The number of nitrogens with zero attached hydrogens (tertiary/aromatic N) is 1. The molecule has 1 aliphatic heterocycles. The first-order valence-electron chi connectivity index (χ1n) is 4.26. The quantitative estimate of drug-likeness (QED) is 0.415. The minimum Gasteiger partial charge on any atom is -0.468 e. The van der Waals surface area contributed by atoms with Gasteiger partial charge in [-0.1, -0.05) is 0 Å². The van der Waals surface area contributed by atoms with Crippen LogP contribution in [0.25, 0.3) is 0 Å². The van der Waals surface area contributed by atoms with E-state index in [2.05, 4.69) is 4.74 Å². The lowest BCUT2D eigenvalue weighted by Crippen LogP contribution is -2.45. The molecule has 0 saturated carbocycles. The molecule has 0 radical (unpaired) electrons. The Bertz CT molecular complexity index is 199. The maximum atomic E-state index is 11.2. The number of aliphatic hydroxyl groups excluding tert-OH is 1. The molecule has 0 aromatic heterocycles. The summed E-state index contributed by atoms with van der Waals surface area (Å²) in [4.78, 5) is 12.7. The normalized spacial score (nSPS) is 28.9. The zero-order chi connectivity index (χ0) is 10.0. The van der Waals surface area contributed by atoms with Gasteiger partial charge in [-0.25, -0.2) is 0 Å². The molecular weight excluding hydrogens is 173 g/mol. The van der Waals surface area contributed by atoms with Crippen molar-refractivity contribution in [3.05, 3.63) is 0 Å². The van der Waals surface area contributed by atoms with Gasteiger partial charge in [-0.15, -0.1) is 0 Å². The zero-order valence-electron chi connectivity index (χ0n) is 7.80. The van der Waals surface area contributed by atoms with E-state index in [0.717, 1.165) is 0 Å². The average Bonchev–Trinajstić information content (AvgIpc) is 2.46. The van der Waals surface area contributed by atoms with Gasteiger partial charge in [-0.2, -0.15) is 0 Å². The third-order valence-corrected chi connectivity index (χ3v) is 2.27. The summed E-state index contributed by atoms with van der Waals surface area (Å²) in [5, 5.41) is 18.6. The summed E-state index contributed by atoms with van der Waals surface area (Å²) in [6, 6.07) is -0.514. The Morgan fingerprint density at radius 2 is 2.31 bits per heavy atom. The van der Waals surface area contributed by atoms with Crippen LogP contribution in [0.1, 0.15) is 6.42 Å². The molecule has 6 heteroatoms. The predicted octanol–water partition coefficient (Wildman–Crippen LogP) is -1.30. The van der Waals surface area contributed by atoms with E-state index < -0.39 is 25.2 Å². The topological polar surface area (TPSA) is 70.0 Å². The number of carbonyl (C=O) groups excluding carboxylic acids is 1. The monoisotopic (exact) mass is 187 g/mol. The van der Waals surface area contributed by atoms with Crippen molar-refractivity contribution < 1.29 is 19.7 Å². The van der Waals surface area contributed by atoms with E-state index in [-0.39, 0.29) is 0 Å². The number of hydrogen-bond acceptors (Lipinski definition) is 5. The second-order valence-electron chi connectivity index (χ2n) is 3.26. The maximum absolute atomic E-state index is 11.2. The SMILES string of the molecule is COC(=O)[C@@H]1CC(O)CN1B(C)O. The Morgan fingerprint density at radius 1 is 1.69 bits per heavy atom. The number of carbonyl (C=O) groups is 1. The highest BCUT2D eigenvalue weighted by molar-refractivity contribution is 6.45. The first-order valence-corrected chi connectivity index (χ1v) is 4.26. The molecule has 0 aromatic carbocycles. The Balaban J connectivity index is 2.66. The summed E-state index contributed by atoms with van der Waals surface area (Å²) >= 11 is 0. The van der Waals surface area contributed by atoms with Crippen LogP contribution in [-0.4, -0.2) is 53.8 Å². The van der Waals surface area contributed by atoms with Gasteiger partial charge in [0, 0.05) is 6.54 Å². The predicted molar refractivity (Wildman–Crippen MR) is 47.0 cm³/mol. The number of ether oxygens (including phenoxy) is 1. The van der Waals surface area contributed by atoms with Crippen LogP contribution >= 0.6 is 0 Å². The smallest absolute Gasteiger partial charge is 0.377 e. The van der Waals surface area contributed by atoms with E-state index >= 15 is 0 Å². The van der Waals surface area contributed by atoms with Crippen molar-refractivity contribution in [3.63, 3.8) is 0 Å². The Labute approximate surface area is 77.4 Å². The molecule has 13 heavy (non-hydrogen) atoms. The minimum absolute atomic E-state index is 0.317. The molecule has 5 nitrogen and oxygen atoms in total. The lowest BCUT2D eigenvalue weighted by Gasteiger charge is -2.22. The second kappa shape index (κ2) is 4.08. The molecule has 1 heterocycles. The van der Waals surface area contributed by atoms with Gasteiger partial charge in [-0.3, -0.25) is 4.79 Å². The molecule has 74 valence electrons. The van der Waals surface area contributed by atoms with E-state index in [0.29, 0.717) is 13.0 Å². The molecule has 2 atom stereocenters. The molecule has 1 unspecified atom stereocenters. The molecule has 1 rings (SSSR count). The van der Waals surface area contributed by atoms with E-state index in [1.165, 1.54) is 11.9 Å². The fraction of sp³-hybridized carbons (Fsp3) is 0.857. The van der Waals surface area contributed by atoms with Crippen LogP contribution in [-0.2, 0) is 9.53 Å². The van der Waals surface area contributed by atoms with E-state index in [9.17, 15) is 14.9 Å². The highest BCUT2D eigenvalue weighted by atomic mass is 16.5. The third-order valence-electron chi connectivity index (χ3n) is 2.27. The summed E-state index contributed by atoms with van der Waals surface area (Å²) in [6.45, 7) is 1.88. The Hall–Kier alpha value is -0.585. The zero-order valence-corrected chi connectivity index (χ0v) is 7.80. The molecule has 1 saturated heterocycles. The summed E-state index contributed by atoms with van der Waals surface area (Å²) in [6.07, 6.45) is -0.226. The van der Waals surface area contributed by atoms with Crippen molar-refractivity contribution in [2.45, 2.75) is 25.4 Å². The van der Waals surface area contributed by atoms with Crippen molar-refractivity contribution in [2.75, 3.05) is 13.7 Å². The molecule has 0 bridgehead atoms. The van der Waals surface area contributed by atoms with Gasteiger partial charge in [-0.05, 0) is 13.2 Å². The number of aliphatic hydroxyl groups is 1. The van der Waals surface area contributed by atoms with Crippen molar-refractivity contribution in [1.82, 2.24) is 4.81 Å². The van der Waals surface area contributed by atoms with Crippen LogP contribution in [0.3, 0.4) is 0 Å². The van der Waals surface area contributed by atoms with E-state index in [1.807, 2.05) is 0 Å². The van der Waals surface area contributed by atoms with Crippen LogP contribution in [0.5, 0.6) is 0 Å². The highest BCUT2D eigenvalue weighted by Crippen LogP contribution is 2.19. The number of esters is 1. The van der Waals surface area contributed by atoms with Gasteiger partial charge in [0.25, 0.3) is 0 Å². The van der Waals surface area contributed by atoms with Crippen LogP contribution in [0.15, 0.2) is 0 Å². The van der Waals surface area contributed by atoms with Crippen LogP contribution < -0.4 is 0 Å². The standard InChI is InChI=1S/C7H14BNO4/c1-8(12)9-4-5(10)3-6(9)7(11)13-2/h5-6,10,12H,3-4H2,1-2H3/t5?,6-/m0/s1. The summed E-state index contributed by atoms with van der Waals surface area (Å²) in [5.74, 6) is -0.405. The summed E-state index contributed by atoms with van der Waals surface area (Å²) in [7, 11) is 0.564. The molecule has 0 aromatic rings. The Kier molecular flexibility index (Phi) is 3.30. The molecule has 0 spiro atoms. The van der Waals surface area contributed by atoms with Gasteiger partial charge in [0.15, 0.2) is 0 Å². The number of rotatable bonds is 2. The van der Waals surface area contributed by atoms with Crippen LogP contribution in [0.4, 0.5) is 0 Å². The molecule has 1 aliphatic rings. The lowest BCUT2D eigenvalue weighted by molar-refractivity contribution is -0.144. The largest absolute Gasteiger partial charge is 0.468 e. The van der Waals surface area contributed by atoms with Crippen molar-refractivity contribution >= 4 is 13.0 Å². The summed E-state index contributed by atoms with van der Waals surface area (Å²) < 4.78 is 4.56. The number of β-amino-alcohol motifs (C(OH)–C–C–N with tert-alkyl or cyclic N) is 1. The average molecular weight is 187 g/mol. The second-order valence-corrected chi connectivity index (χ2v) is 3.26.